The van der Waals surface area contributed by atoms with Crippen LogP contribution in [0.25, 0.3) is 6.08 Å². The van der Waals surface area contributed by atoms with Gasteiger partial charge >= 0.3 is 0 Å². The number of nitrogens with one attached hydrogen (secondary N) is 1. The first-order chi connectivity index (χ1) is 12.9. The van der Waals surface area contributed by atoms with E-state index in [9.17, 15) is 10.1 Å². The number of nitriles is 1. The summed E-state index contributed by atoms with van der Waals surface area (Å²) in [5, 5.41) is 12.2. The van der Waals surface area contributed by atoms with Crippen LogP contribution in [0, 0.1) is 18.5 Å². The second-order valence-corrected chi connectivity index (χ2v) is 8.36. The third kappa shape index (κ3) is 6.50. The molecule has 2 rings (SSSR count). The Labute approximate surface area is 187 Å². The van der Waals surface area contributed by atoms with Gasteiger partial charge in [0.25, 0.3) is 5.91 Å². The Balaban J connectivity index is 2.19. The molecule has 0 heterocycles. The minimum Gasteiger partial charge on any atom is -0.487 e. The summed E-state index contributed by atoms with van der Waals surface area (Å²) in [4.78, 5) is 12.2. The topological polar surface area (TPSA) is 62.1 Å². The van der Waals surface area contributed by atoms with E-state index in [1.807, 2.05) is 62.4 Å². The van der Waals surface area contributed by atoms with E-state index in [0.717, 1.165) is 30.4 Å². The standard InChI is InChI=1S/C21H20I2N2O2/c1-3-14(2)25-21(26)17(12-24)9-16-10-18(22)20(19(23)11-16)27-13-15-7-5-4-6-8-15/h4-11,14H,3,13H2,1-2H3,(H,25,26)/b17-9+/t14-/m0/s1. The third-order valence-corrected chi connectivity index (χ3v) is 5.52. The second-order valence-electron chi connectivity index (χ2n) is 6.04. The van der Waals surface area contributed by atoms with Crippen molar-refractivity contribution in [3.8, 4) is 11.8 Å². The van der Waals surface area contributed by atoms with Gasteiger partial charge in [0.05, 0.1) is 7.14 Å². The summed E-state index contributed by atoms with van der Waals surface area (Å²) in [6, 6.07) is 15.8. The number of carbonyl (C=O) groups is 1. The molecule has 1 atom stereocenters. The first-order valence-corrected chi connectivity index (χ1v) is 10.7. The van der Waals surface area contributed by atoms with Gasteiger partial charge in [-0.2, -0.15) is 5.26 Å². The van der Waals surface area contributed by atoms with Crippen molar-refractivity contribution in [2.45, 2.75) is 32.9 Å². The maximum absolute atomic E-state index is 12.2. The molecule has 0 bridgehead atoms. The van der Waals surface area contributed by atoms with Gasteiger partial charge in [0.2, 0.25) is 0 Å². The van der Waals surface area contributed by atoms with Gasteiger partial charge in [-0.05, 0) is 87.9 Å². The fourth-order valence-electron chi connectivity index (χ4n) is 2.25. The normalized spacial score (nSPS) is 12.2. The van der Waals surface area contributed by atoms with Gasteiger partial charge in [0.1, 0.15) is 24.0 Å². The number of halogens is 2. The van der Waals surface area contributed by atoms with Crippen LogP contribution in [0.1, 0.15) is 31.4 Å². The Bertz CT molecular complexity index is 850. The molecular formula is C21H20I2N2O2. The predicted molar refractivity (Wildman–Crippen MR) is 124 cm³/mol. The molecule has 0 saturated carbocycles. The highest BCUT2D eigenvalue weighted by atomic mass is 127. The summed E-state index contributed by atoms with van der Waals surface area (Å²) in [6.07, 6.45) is 2.43. The van der Waals surface area contributed by atoms with E-state index in [1.54, 1.807) is 6.08 Å². The Morgan fingerprint density at radius 2 is 1.89 bits per heavy atom. The minimum atomic E-state index is -0.346. The van der Waals surface area contributed by atoms with Gasteiger partial charge < -0.3 is 10.1 Å². The van der Waals surface area contributed by atoms with Crippen LogP contribution in [0.2, 0.25) is 0 Å². The van der Waals surface area contributed by atoms with Crippen LogP contribution in [-0.2, 0) is 11.4 Å². The molecule has 0 aromatic heterocycles. The first-order valence-electron chi connectivity index (χ1n) is 8.53. The van der Waals surface area contributed by atoms with Crippen molar-refractivity contribution in [3.05, 3.63) is 66.3 Å². The molecule has 0 spiro atoms. The van der Waals surface area contributed by atoms with Crippen LogP contribution >= 0.6 is 45.2 Å². The molecule has 1 N–H and O–H groups in total. The highest BCUT2D eigenvalue weighted by molar-refractivity contribution is 14.1. The van der Waals surface area contributed by atoms with Crippen LogP contribution in [0.5, 0.6) is 5.75 Å². The van der Waals surface area contributed by atoms with Crippen molar-refractivity contribution in [2.75, 3.05) is 0 Å². The number of hydrogen-bond donors (Lipinski definition) is 1. The number of ether oxygens (including phenoxy) is 1. The summed E-state index contributed by atoms with van der Waals surface area (Å²) >= 11 is 4.43. The van der Waals surface area contributed by atoms with E-state index < -0.39 is 0 Å². The number of nitrogens with zero attached hydrogens (tertiary/aromatic N) is 1. The van der Waals surface area contributed by atoms with E-state index >= 15 is 0 Å². The van der Waals surface area contributed by atoms with E-state index in [2.05, 4.69) is 50.5 Å². The van der Waals surface area contributed by atoms with Gasteiger partial charge in [-0.3, -0.25) is 4.79 Å². The van der Waals surface area contributed by atoms with E-state index in [1.165, 1.54) is 0 Å². The van der Waals surface area contributed by atoms with Gasteiger partial charge in [-0.1, -0.05) is 37.3 Å². The fraction of sp³-hybridized carbons (Fsp3) is 0.238. The van der Waals surface area contributed by atoms with Gasteiger partial charge in [-0.25, -0.2) is 0 Å². The number of hydrogen-bond acceptors (Lipinski definition) is 3. The lowest BCUT2D eigenvalue weighted by molar-refractivity contribution is -0.117. The average molecular weight is 586 g/mol. The molecule has 1 amide bonds. The zero-order valence-corrected chi connectivity index (χ0v) is 19.4. The molecular weight excluding hydrogens is 566 g/mol. The molecule has 0 radical (unpaired) electrons. The van der Waals surface area contributed by atoms with Crippen molar-refractivity contribution in [3.63, 3.8) is 0 Å². The smallest absolute Gasteiger partial charge is 0.262 e. The van der Waals surface area contributed by atoms with Crippen LogP contribution < -0.4 is 10.1 Å². The molecule has 140 valence electrons. The molecule has 2 aromatic rings. The van der Waals surface area contributed by atoms with Crippen molar-refractivity contribution in [1.29, 1.82) is 5.26 Å². The molecule has 27 heavy (non-hydrogen) atoms. The molecule has 2 aromatic carbocycles. The third-order valence-electron chi connectivity index (χ3n) is 3.91. The van der Waals surface area contributed by atoms with Crippen LogP contribution in [-0.4, -0.2) is 11.9 Å². The number of amides is 1. The molecule has 0 aliphatic carbocycles. The highest BCUT2D eigenvalue weighted by Crippen LogP contribution is 2.30. The SMILES string of the molecule is CC[C@H](C)NC(=O)/C(C#N)=C/c1cc(I)c(OCc2ccccc2)c(I)c1. The Hall–Kier alpha value is -1.60. The summed E-state index contributed by atoms with van der Waals surface area (Å²) < 4.78 is 7.84. The van der Waals surface area contributed by atoms with Crippen molar-refractivity contribution >= 4 is 57.2 Å². The predicted octanol–water partition coefficient (Wildman–Crippen LogP) is 5.30. The summed E-state index contributed by atoms with van der Waals surface area (Å²) in [6.45, 7) is 4.39. The van der Waals surface area contributed by atoms with Crippen LogP contribution in [0.15, 0.2) is 48.0 Å². The van der Waals surface area contributed by atoms with Gasteiger partial charge in [-0.15, -0.1) is 0 Å². The summed E-state index contributed by atoms with van der Waals surface area (Å²) in [7, 11) is 0. The van der Waals surface area contributed by atoms with Gasteiger partial charge in [0.15, 0.2) is 0 Å². The average Bonchev–Trinajstić information content (AvgIpc) is 2.66. The summed E-state index contributed by atoms with van der Waals surface area (Å²) in [5.41, 5.74) is 1.99. The maximum Gasteiger partial charge on any atom is 0.262 e. The largest absolute Gasteiger partial charge is 0.487 e. The zero-order chi connectivity index (χ0) is 19.8. The molecule has 0 unspecified atom stereocenters. The van der Waals surface area contributed by atoms with E-state index in [-0.39, 0.29) is 17.5 Å². The molecule has 0 aliphatic heterocycles. The van der Waals surface area contributed by atoms with E-state index in [4.69, 9.17) is 4.74 Å². The minimum absolute atomic E-state index is 0.0308. The lowest BCUT2D eigenvalue weighted by Crippen LogP contribution is -2.32. The Morgan fingerprint density at radius 1 is 1.26 bits per heavy atom. The van der Waals surface area contributed by atoms with Crippen LogP contribution in [0.3, 0.4) is 0 Å². The zero-order valence-electron chi connectivity index (χ0n) is 15.1. The lowest BCUT2D eigenvalue weighted by atomic mass is 10.1. The molecule has 0 fully saturated rings. The lowest BCUT2D eigenvalue weighted by Gasteiger charge is -2.12. The Morgan fingerprint density at radius 3 is 2.44 bits per heavy atom. The molecule has 4 nitrogen and oxygen atoms in total. The number of carbonyl (C=O) groups excluding carboxylic acids is 1. The number of rotatable bonds is 7. The molecule has 6 heteroatoms. The van der Waals surface area contributed by atoms with Crippen molar-refractivity contribution in [2.24, 2.45) is 0 Å². The Kier molecular flexibility index (Phi) is 8.57. The maximum atomic E-state index is 12.2. The van der Waals surface area contributed by atoms with Crippen molar-refractivity contribution in [1.82, 2.24) is 5.32 Å². The molecule has 0 aliphatic rings. The quantitative estimate of drug-likeness (QED) is 0.273. The van der Waals surface area contributed by atoms with Crippen molar-refractivity contribution < 1.29 is 9.53 Å². The first kappa shape index (κ1) is 21.7. The van der Waals surface area contributed by atoms with Gasteiger partial charge in [0, 0.05) is 6.04 Å². The van der Waals surface area contributed by atoms with E-state index in [0.29, 0.717) is 6.61 Å². The molecule has 0 saturated heterocycles. The number of benzene rings is 2. The highest BCUT2D eigenvalue weighted by Gasteiger charge is 2.13. The fourth-order valence-corrected chi connectivity index (χ4v) is 4.38. The second kappa shape index (κ2) is 10.7. The summed E-state index contributed by atoms with van der Waals surface area (Å²) in [5.74, 6) is 0.459. The monoisotopic (exact) mass is 586 g/mol. The van der Waals surface area contributed by atoms with Crippen LogP contribution in [0.4, 0.5) is 0 Å².